The van der Waals surface area contributed by atoms with Crippen molar-refractivity contribution in [1.82, 2.24) is 4.90 Å². The van der Waals surface area contributed by atoms with Crippen LogP contribution >= 0.6 is 11.3 Å². The van der Waals surface area contributed by atoms with E-state index in [-0.39, 0.29) is 17.6 Å². The van der Waals surface area contributed by atoms with Gasteiger partial charge in [0.2, 0.25) is 0 Å². The van der Waals surface area contributed by atoms with Gasteiger partial charge in [-0.1, -0.05) is 18.2 Å². The van der Waals surface area contributed by atoms with Crippen LogP contribution < -0.4 is 5.32 Å². The second-order valence-electron chi connectivity index (χ2n) is 6.61. The molecule has 6 heteroatoms. The molecule has 3 aromatic rings. The summed E-state index contributed by atoms with van der Waals surface area (Å²) in [5.41, 5.74) is 0.969. The number of thiophene rings is 1. The quantitative estimate of drug-likeness (QED) is 0.699. The number of benzene rings is 2. The number of carbonyl (C=O) groups excluding carboxylic acids is 2. The van der Waals surface area contributed by atoms with E-state index in [9.17, 15) is 14.0 Å². The van der Waals surface area contributed by atoms with Gasteiger partial charge in [-0.2, -0.15) is 0 Å². The second kappa shape index (κ2) is 7.48. The van der Waals surface area contributed by atoms with Crippen molar-refractivity contribution in [3.63, 3.8) is 0 Å². The number of hydrogen-bond acceptors (Lipinski definition) is 3. The molecule has 2 aromatic carbocycles. The van der Waals surface area contributed by atoms with Gasteiger partial charge in [-0.05, 0) is 49.6 Å². The van der Waals surface area contributed by atoms with Gasteiger partial charge in [-0.15, -0.1) is 11.3 Å². The second-order valence-corrected chi connectivity index (χ2v) is 7.70. The van der Waals surface area contributed by atoms with Crippen molar-refractivity contribution in [2.75, 3.05) is 18.4 Å². The first-order chi connectivity index (χ1) is 13.1. The Morgan fingerprint density at radius 2 is 1.78 bits per heavy atom. The van der Waals surface area contributed by atoms with Crippen LogP contribution in [0.15, 0.2) is 48.5 Å². The molecule has 1 saturated heterocycles. The van der Waals surface area contributed by atoms with Crippen LogP contribution in [0.25, 0.3) is 10.1 Å². The molecule has 1 aliphatic rings. The van der Waals surface area contributed by atoms with Gasteiger partial charge in [-0.25, -0.2) is 4.39 Å². The third kappa shape index (κ3) is 3.57. The van der Waals surface area contributed by atoms with Gasteiger partial charge in [0.25, 0.3) is 11.8 Å². The fraction of sp³-hybridized carbons (Fsp3) is 0.238. The summed E-state index contributed by atoms with van der Waals surface area (Å²) in [4.78, 5) is 27.8. The van der Waals surface area contributed by atoms with Crippen molar-refractivity contribution >= 4 is 38.9 Å². The summed E-state index contributed by atoms with van der Waals surface area (Å²) in [6.07, 6.45) is 3.16. The predicted octanol–water partition coefficient (Wildman–Crippen LogP) is 4.92. The van der Waals surface area contributed by atoms with Gasteiger partial charge in [0.05, 0.1) is 16.1 Å². The molecule has 4 nitrogen and oxygen atoms in total. The van der Waals surface area contributed by atoms with Crippen molar-refractivity contribution in [2.45, 2.75) is 19.3 Å². The SMILES string of the molecule is O=C(Nc1ccccc1C(=O)N1CCCCC1)c1cc2c(F)cccc2s1. The number of likely N-dealkylation sites (tertiary alicyclic amines) is 1. The van der Waals surface area contributed by atoms with Crippen molar-refractivity contribution < 1.29 is 14.0 Å². The maximum atomic E-state index is 13.9. The van der Waals surface area contributed by atoms with E-state index in [1.165, 1.54) is 17.4 Å². The van der Waals surface area contributed by atoms with E-state index < -0.39 is 0 Å². The fourth-order valence-electron chi connectivity index (χ4n) is 3.37. The zero-order chi connectivity index (χ0) is 18.8. The average molecular weight is 382 g/mol. The number of hydrogen-bond donors (Lipinski definition) is 1. The Hall–Kier alpha value is -2.73. The molecule has 2 heterocycles. The molecule has 1 aliphatic heterocycles. The van der Waals surface area contributed by atoms with E-state index in [0.717, 1.165) is 37.1 Å². The minimum Gasteiger partial charge on any atom is -0.339 e. The first kappa shape index (κ1) is 17.7. The lowest BCUT2D eigenvalue weighted by Crippen LogP contribution is -2.36. The normalized spacial score (nSPS) is 14.3. The number of nitrogens with zero attached hydrogens (tertiary/aromatic N) is 1. The zero-order valence-corrected chi connectivity index (χ0v) is 15.5. The summed E-state index contributed by atoms with van der Waals surface area (Å²) in [6.45, 7) is 1.49. The molecule has 4 rings (SSSR count). The van der Waals surface area contributed by atoms with E-state index in [1.54, 1.807) is 42.5 Å². The summed E-state index contributed by atoms with van der Waals surface area (Å²) >= 11 is 1.23. The first-order valence-electron chi connectivity index (χ1n) is 9.01. The highest BCUT2D eigenvalue weighted by Gasteiger charge is 2.22. The molecule has 0 bridgehead atoms. The van der Waals surface area contributed by atoms with E-state index in [1.807, 2.05) is 4.90 Å². The van der Waals surface area contributed by atoms with Crippen LogP contribution in [-0.2, 0) is 0 Å². The summed E-state index contributed by atoms with van der Waals surface area (Å²) in [5.74, 6) is -0.744. The number of para-hydroxylation sites is 1. The molecule has 0 atom stereocenters. The standard InChI is InChI=1S/C21H19FN2O2S/c22-16-8-6-10-18-15(16)13-19(27-18)20(25)23-17-9-3-2-7-14(17)21(26)24-11-4-1-5-12-24/h2-3,6-10,13H,1,4-5,11-12H2,(H,23,25). The van der Waals surface area contributed by atoms with Gasteiger partial charge >= 0.3 is 0 Å². The molecule has 0 radical (unpaired) electrons. The van der Waals surface area contributed by atoms with Crippen LogP contribution in [0.4, 0.5) is 10.1 Å². The predicted molar refractivity (Wildman–Crippen MR) is 106 cm³/mol. The Kier molecular flexibility index (Phi) is 4.90. The van der Waals surface area contributed by atoms with Crippen LogP contribution in [-0.4, -0.2) is 29.8 Å². The van der Waals surface area contributed by atoms with E-state index >= 15 is 0 Å². The fourth-order valence-corrected chi connectivity index (χ4v) is 4.34. The Morgan fingerprint density at radius 3 is 2.56 bits per heavy atom. The van der Waals surface area contributed by atoms with Crippen LogP contribution in [0.5, 0.6) is 0 Å². The van der Waals surface area contributed by atoms with Gasteiger partial charge in [-0.3, -0.25) is 9.59 Å². The number of carbonyl (C=O) groups is 2. The highest BCUT2D eigenvalue weighted by Crippen LogP contribution is 2.29. The van der Waals surface area contributed by atoms with Crippen LogP contribution in [0.3, 0.4) is 0 Å². The van der Waals surface area contributed by atoms with E-state index in [4.69, 9.17) is 0 Å². The third-order valence-electron chi connectivity index (χ3n) is 4.78. The molecule has 0 saturated carbocycles. The highest BCUT2D eigenvalue weighted by atomic mass is 32.1. The summed E-state index contributed by atoms with van der Waals surface area (Å²) in [5, 5.41) is 3.26. The number of halogens is 1. The van der Waals surface area contributed by atoms with E-state index in [0.29, 0.717) is 21.5 Å². The highest BCUT2D eigenvalue weighted by molar-refractivity contribution is 7.20. The lowest BCUT2D eigenvalue weighted by molar-refractivity contribution is 0.0725. The third-order valence-corrected chi connectivity index (χ3v) is 5.88. The topological polar surface area (TPSA) is 49.4 Å². The zero-order valence-electron chi connectivity index (χ0n) is 14.7. The number of rotatable bonds is 3. The van der Waals surface area contributed by atoms with Gasteiger partial charge in [0, 0.05) is 23.2 Å². The number of anilines is 1. The van der Waals surface area contributed by atoms with Gasteiger partial charge in [0.15, 0.2) is 0 Å². The Balaban J connectivity index is 1.59. The lowest BCUT2D eigenvalue weighted by Gasteiger charge is -2.27. The van der Waals surface area contributed by atoms with Crippen molar-refractivity contribution in [1.29, 1.82) is 0 Å². The summed E-state index contributed by atoms with van der Waals surface area (Å²) in [7, 11) is 0. The van der Waals surface area contributed by atoms with Crippen LogP contribution in [0.2, 0.25) is 0 Å². The smallest absolute Gasteiger partial charge is 0.265 e. The Morgan fingerprint density at radius 1 is 1.00 bits per heavy atom. The Bertz CT molecular complexity index is 1010. The molecule has 1 N–H and O–H groups in total. The van der Waals surface area contributed by atoms with Gasteiger partial charge < -0.3 is 10.2 Å². The minimum atomic E-state index is -0.344. The summed E-state index contributed by atoms with van der Waals surface area (Å²) in [6, 6.07) is 13.4. The minimum absolute atomic E-state index is 0.0621. The van der Waals surface area contributed by atoms with Gasteiger partial charge in [0.1, 0.15) is 5.82 Å². The van der Waals surface area contributed by atoms with Crippen molar-refractivity contribution in [3.8, 4) is 0 Å². The maximum Gasteiger partial charge on any atom is 0.265 e. The Labute approximate surface area is 160 Å². The molecule has 138 valence electrons. The molecule has 27 heavy (non-hydrogen) atoms. The number of piperidine rings is 1. The molecule has 2 amide bonds. The average Bonchev–Trinajstić information content (AvgIpc) is 3.15. The van der Waals surface area contributed by atoms with Crippen LogP contribution in [0.1, 0.15) is 39.3 Å². The summed E-state index contributed by atoms with van der Waals surface area (Å²) < 4.78 is 14.6. The van der Waals surface area contributed by atoms with Crippen LogP contribution in [0, 0.1) is 5.82 Å². The first-order valence-corrected chi connectivity index (χ1v) is 9.83. The molecule has 0 aliphatic carbocycles. The molecule has 0 spiro atoms. The molecule has 1 aromatic heterocycles. The number of nitrogens with one attached hydrogen (secondary N) is 1. The van der Waals surface area contributed by atoms with E-state index in [2.05, 4.69) is 5.32 Å². The molecule has 1 fully saturated rings. The molecule has 0 unspecified atom stereocenters. The molecular formula is C21H19FN2O2S. The number of fused-ring (bicyclic) bond motifs is 1. The lowest BCUT2D eigenvalue weighted by atomic mass is 10.1. The maximum absolute atomic E-state index is 13.9. The van der Waals surface area contributed by atoms with Crippen molar-refractivity contribution in [2.24, 2.45) is 0 Å². The molecular weight excluding hydrogens is 363 g/mol. The number of amides is 2. The van der Waals surface area contributed by atoms with Crippen molar-refractivity contribution in [3.05, 3.63) is 64.8 Å². The largest absolute Gasteiger partial charge is 0.339 e. The monoisotopic (exact) mass is 382 g/mol.